The Bertz CT molecular complexity index is 1210. The molecule has 0 N–H and O–H groups in total. The van der Waals surface area contributed by atoms with Crippen molar-refractivity contribution >= 4 is 23.0 Å². The van der Waals surface area contributed by atoms with Crippen LogP contribution in [0, 0.1) is 69.5 Å². The van der Waals surface area contributed by atoms with Gasteiger partial charge < -0.3 is 0 Å². The molecule has 0 unspecified atom stereocenters. The summed E-state index contributed by atoms with van der Waals surface area (Å²) in [7, 11) is 0. The number of hydrogen-bond donors (Lipinski definition) is 0. The second kappa shape index (κ2) is 10.9. The van der Waals surface area contributed by atoms with Crippen molar-refractivity contribution in [3.05, 3.63) is 35.4 Å². The molecular weight excluding hydrogens is 540 g/mol. The third kappa shape index (κ3) is 4.37. The molecule has 0 heterocycles. The van der Waals surface area contributed by atoms with Gasteiger partial charge in [0.1, 0.15) is 0 Å². The van der Waals surface area contributed by atoms with E-state index in [0.717, 1.165) is 24.7 Å². The highest BCUT2D eigenvalue weighted by Crippen LogP contribution is 2.78. The van der Waals surface area contributed by atoms with Crippen molar-refractivity contribution in [1.82, 2.24) is 0 Å². The van der Waals surface area contributed by atoms with Crippen molar-refractivity contribution in [2.45, 2.75) is 126 Å². The summed E-state index contributed by atoms with van der Waals surface area (Å²) in [4.78, 5) is 29.4. The molecule has 0 aliphatic heterocycles. The van der Waals surface area contributed by atoms with Crippen molar-refractivity contribution in [3.63, 3.8) is 0 Å². The van der Waals surface area contributed by atoms with E-state index in [-0.39, 0.29) is 16.8 Å². The van der Waals surface area contributed by atoms with Gasteiger partial charge >= 0.3 is 6.15 Å². The third-order valence-electron chi connectivity index (χ3n) is 15.2. The number of hydrogen-bond acceptors (Lipinski definition) is 3. The van der Waals surface area contributed by atoms with Crippen LogP contribution in [0.3, 0.4) is 0 Å². The van der Waals surface area contributed by atoms with Gasteiger partial charge in [0.2, 0.25) is 5.24 Å². The maximum Gasteiger partial charge on any atom is 0.373 e. The van der Waals surface area contributed by atoms with E-state index in [1.54, 1.807) is 5.56 Å². The predicted octanol–water partition coefficient (Wildman–Crippen LogP) is 10.00. The predicted molar refractivity (Wildman–Crippen MR) is 169 cm³/mol. The van der Waals surface area contributed by atoms with Gasteiger partial charge in [-0.1, -0.05) is 78.3 Å². The minimum Gasteiger partial charge on any atom is -0.281 e. The Kier molecular flexibility index (Phi) is 8.27. The minimum atomic E-state index is -0.251. The van der Waals surface area contributed by atoms with Crippen molar-refractivity contribution in [3.8, 4) is 0 Å². The fourth-order valence-corrected chi connectivity index (χ4v) is 13.4. The van der Waals surface area contributed by atoms with Gasteiger partial charge in [-0.05, 0) is 151 Å². The molecule has 0 spiro atoms. The van der Waals surface area contributed by atoms with E-state index in [1.165, 1.54) is 56.9 Å². The Morgan fingerprint density at radius 3 is 2.05 bits per heavy atom. The summed E-state index contributed by atoms with van der Waals surface area (Å²) >= 11 is 6.55. The van der Waals surface area contributed by atoms with Crippen molar-refractivity contribution in [1.29, 1.82) is 0 Å². The molecule has 0 saturated heterocycles. The fourth-order valence-electron chi connectivity index (χ4n) is 13.1. The molecule has 232 valence electrons. The van der Waals surface area contributed by atoms with Gasteiger partial charge in [0.25, 0.3) is 0 Å². The van der Waals surface area contributed by atoms with E-state index in [2.05, 4.69) is 79.7 Å². The molecule has 0 bridgehead atoms. The molecule has 1 aromatic carbocycles. The number of rotatable bonds is 3. The lowest BCUT2D eigenvalue weighted by molar-refractivity contribution is -0.238. The van der Waals surface area contributed by atoms with Crippen LogP contribution in [0.25, 0.3) is 0 Å². The first kappa shape index (κ1) is 32.0. The van der Waals surface area contributed by atoms with E-state index in [1.807, 2.05) is 0 Å². The Hall–Kier alpha value is -1.44. The van der Waals surface area contributed by atoms with E-state index < -0.39 is 0 Å². The summed E-state index contributed by atoms with van der Waals surface area (Å²) in [5, 5.41) is -0.00294. The summed E-state index contributed by atoms with van der Waals surface area (Å²) in [5.74, 6) is 4.61. The lowest BCUT2D eigenvalue weighted by atomic mass is 9.31. The Labute approximate surface area is 260 Å². The topological polar surface area (TPSA) is 51.2 Å². The average Bonchev–Trinajstić information content (AvgIpc) is 3.32. The second-order valence-electron chi connectivity index (χ2n) is 17.0. The largest absolute Gasteiger partial charge is 0.373 e. The number of halogens is 1. The van der Waals surface area contributed by atoms with Crippen molar-refractivity contribution < 1.29 is 14.4 Å². The van der Waals surface area contributed by atoms with Crippen LogP contribution in [0.15, 0.2) is 24.3 Å². The normalized spacial score (nSPS) is 45.3. The van der Waals surface area contributed by atoms with Gasteiger partial charge in [0.05, 0.1) is 0 Å². The zero-order valence-corrected chi connectivity index (χ0v) is 28.3. The summed E-state index contributed by atoms with van der Waals surface area (Å²) in [6.07, 6.45) is 12.8. The molecule has 0 amide bonds. The lowest BCUT2D eigenvalue weighted by Crippen LogP contribution is -2.66. The van der Waals surface area contributed by atoms with Crippen LogP contribution >= 0.6 is 11.6 Å². The molecule has 10 atom stereocenters. The first-order valence-electron chi connectivity index (χ1n) is 16.9. The molecule has 1 aromatic rings. The maximum absolute atomic E-state index is 13.2. The zero-order chi connectivity index (χ0) is 30.9. The SMILES string of the molecule is Cc1ccc([C@H]2CC[C@]3(C)[C@H]4CC[C@@H]5[C@H]6[C@H](C(C)C)CC[C@]6(C(=O)Cl)CC[C@@]5(C)[C@]4(C)CC[C@H]3C2(C)C)cc1.O=C=O. The van der Waals surface area contributed by atoms with Gasteiger partial charge in [-0.25, -0.2) is 0 Å². The summed E-state index contributed by atoms with van der Waals surface area (Å²) < 4.78 is 0. The van der Waals surface area contributed by atoms with Crippen molar-refractivity contribution in [2.75, 3.05) is 0 Å². The van der Waals surface area contributed by atoms with Crippen LogP contribution in [-0.4, -0.2) is 11.4 Å². The zero-order valence-electron chi connectivity index (χ0n) is 27.5. The van der Waals surface area contributed by atoms with E-state index in [9.17, 15) is 4.79 Å². The number of carbonyl (C=O) groups excluding carboxylic acids is 3. The van der Waals surface area contributed by atoms with Gasteiger partial charge in [0, 0.05) is 5.41 Å². The first-order chi connectivity index (χ1) is 19.6. The highest BCUT2D eigenvalue weighted by atomic mass is 35.5. The molecule has 4 heteroatoms. The molecule has 5 saturated carbocycles. The summed E-state index contributed by atoms with van der Waals surface area (Å²) in [6.45, 7) is 20.4. The lowest BCUT2D eigenvalue weighted by Gasteiger charge is -2.73. The summed E-state index contributed by atoms with van der Waals surface area (Å²) in [5.41, 5.74) is 4.04. The Balaban J connectivity index is 0.00000113. The quantitative estimate of drug-likeness (QED) is 0.327. The number of fused-ring (bicyclic) bond motifs is 7. The highest BCUT2D eigenvalue weighted by Gasteiger charge is 2.71. The molecule has 6 rings (SSSR count). The van der Waals surface area contributed by atoms with Crippen molar-refractivity contribution in [2.24, 2.45) is 62.6 Å². The number of aryl methyl sites for hydroxylation is 1. The molecule has 3 nitrogen and oxygen atoms in total. The van der Waals surface area contributed by atoms with Crippen LogP contribution in [-0.2, 0) is 14.4 Å². The second-order valence-corrected chi connectivity index (χ2v) is 17.3. The number of carbonyl (C=O) groups is 1. The molecule has 5 aliphatic carbocycles. The molecule has 0 aromatic heterocycles. The van der Waals surface area contributed by atoms with Gasteiger partial charge in [-0.15, -0.1) is 0 Å². The standard InChI is InChI=1S/C37H55ClO.CO2/c1-23(2)26-15-20-37(32(38)39)22-21-35(7)28(31(26)37)13-14-30-34(6)18-16-27(25-11-9-24(3)10-12-25)33(4,5)29(34)17-19-36(30,35)8;2-1-3/h9-12,23,26-31H,13-22H2,1-8H3;/t26-,27+,28+,29-,30+,31+,34-,35+,36+,37-;/m0./s1. The van der Waals surface area contributed by atoms with E-state index in [4.69, 9.17) is 21.2 Å². The monoisotopic (exact) mass is 594 g/mol. The van der Waals surface area contributed by atoms with Crippen LogP contribution in [0.1, 0.15) is 130 Å². The molecule has 0 radical (unpaired) electrons. The number of benzene rings is 1. The third-order valence-corrected chi connectivity index (χ3v) is 15.6. The van der Waals surface area contributed by atoms with E-state index in [0.29, 0.717) is 51.2 Å². The van der Waals surface area contributed by atoms with Gasteiger partial charge in [0.15, 0.2) is 0 Å². The molecule has 42 heavy (non-hydrogen) atoms. The Morgan fingerprint density at radius 1 is 0.810 bits per heavy atom. The van der Waals surface area contributed by atoms with Gasteiger partial charge in [-0.3, -0.25) is 4.79 Å². The van der Waals surface area contributed by atoms with Crippen LogP contribution in [0.5, 0.6) is 0 Å². The average molecular weight is 595 g/mol. The summed E-state index contributed by atoms with van der Waals surface area (Å²) in [6, 6.07) is 9.48. The Morgan fingerprint density at radius 2 is 1.45 bits per heavy atom. The molecular formula is C38H55ClO3. The first-order valence-corrected chi connectivity index (χ1v) is 17.3. The molecule has 5 fully saturated rings. The highest BCUT2D eigenvalue weighted by molar-refractivity contribution is 6.64. The maximum atomic E-state index is 13.2. The van der Waals surface area contributed by atoms with Gasteiger partial charge in [-0.2, -0.15) is 9.59 Å². The minimum absolute atomic E-state index is 0.00294. The van der Waals surface area contributed by atoms with Crippen LogP contribution in [0.4, 0.5) is 0 Å². The smallest absolute Gasteiger partial charge is 0.281 e. The fraction of sp³-hybridized carbons (Fsp3) is 0.789. The molecule has 5 aliphatic rings. The van der Waals surface area contributed by atoms with E-state index >= 15 is 0 Å². The van der Waals surface area contributed by atoms with Crippen LogP contribution in [0.2, 0.25) is 0 Å². The van der Waals surface area contributed by atoms with Crippen LogP contribution < -0.4 is 0 Å².